The van der Waals surface area contributed by atoms with Crippen molar-refractivity contribution in [3.8, 4) is 0 Å². The van der Waals surface area contributed by atoms with Crippen molar-refractivity contribution in [1.82, 2.24) is 4.98 Å². The zero-order valence-electron chi connectivity index (χ0n) is 7.84. The van der Waals surface area contributed by atoms with Gasteiger partial charge in [0.2, 0.25) is 0 Å². The molecule has 0 amide bonds. The van der Waals surface area contributed by atoms with Crippen molar-refractivity contribution in [2.24, 2.45) is 0 Å². The molecule has 0 N–H and O–H groups in total. The van der Waals surface area contributed by atoms with Gasteiger partial charge in [-0.25, -0.2) is 8.78 Å². The van der Waals surface area contributed by atoms with E-state index >= 15 is 0 Å². The van der Waals surface area contributed by atoms with Crippen LogP contribution in [-0.4, -0.2) is 18.1 Å². The molecule has 0 saturated carbocycles. The fraction of sp³-hybridized carbons (Fsp3) is 0.333. The predicted molar refractivity (Wildman–Crippen MR) is 52.6 cm³/mol. The Morgan fingerprint density at radius 1 is 1.67 bits per heavy atom. The molecule has 0 aromatic carbocycles. The Balaban J connectivity index is 2.87. The first-order valence-corrected chi connectivity index (χ1v) is 4.83. The van der Waals surface area contributed by atoms with Crippen molar-refractivity contribution >= 4 is 21.9 Å². The van der Waals surface area contributed by atoms with Crippen molar-refractivity contribution in [1.29, 1.82) is 0 Å². The van der Waals surface area contributed by atoms with Crippen LogP contribution in [0.4, 0.5) is 8.78 Å². The van der Waals surface area contributed by atoms with Gasteiger partial charge in [-0.1, -0.05) is 0 Å². The molecule has 3 nitrogen and oxygen atoms in total. The SMILES string of the molecule is COC(=O)Cc1cnc(C(F)F)c(Br)c1. The molecular weight excluding hydrogens is 272 g/mol. The number of nitrogens with zero attached hydrogens (tertiary/aromatic N) is 1. The number of halogens is 3. The first-order chi connectivity index (χ1) is 7.04. The predicted octanol–water partition coefficient (Wildman–Crippen LogP) is 2.50. The molecule has 0 atom stereocenters. The van der Waals surface area contributed by atoms with Crippen molar-refractivity contribution in [2.75, 3.05) is 7.11 Å². The Kier molecular flexibility index (Phi) is 4.14. The van der Waals surface area contributed by atoms with Crippen LogP contribution in [0.2, 0.25) is 0 Å². The van der Waals surface area contributed by atoms with E-state index in [1.54, 1.807) is 0 Å². The molecule has 0 saturated heterocycles. The number of methoxy groups -OCH3 is 1. The summed E-state index contributed by atoms with van der Waals surface area (Å²) in [4.78, 5) is 14.5. The lowest BCUT2D eigenvalue weighted by molar-refractivity contribution is -0.139. The summed E-state index contributed by atoms with van der Waals surface area (Å²) in [5.41, 5.74) is 0.196. The number of carbonyl (C=O) groups excluding carboxylic acids is 1. The Labute approximate surface area is 93.6 Å². The first-order valence-electron chi connectivity index (χ1n) is 4.04. The highest BCUT2D eigenvalue weighted by Crippen LogP contribution is 2.25. The number of aromatic nitrogens is 1. The lowest BCUT2D eigenvalue weighted by Crippen LogP contribution is -2.05. The van der Waals surface area contributed by atoms with Crippen LogP contribution in [0.1, 0.15) is 17.7 Å². The molecule has 1 aromatic heterocycles. The topological polar surface area (TPSA) is 39.2 Å². The highest BCUT2D eigenvalue weighted by atomic mass is 79.9. The second-order valence-electron chi connectivity index (χ2n) is 2.76. The summed E-state index contributed by atoms with van der Waals surface area (Å²) in [6.45, 7) is 0. The van der Waals surface area contributed by atoms with Crippen LogP contribution < -0.4 is 0 Å². The molecule has 1 rings (SSSR count). The van der Waals surface area contributed by atoms with Crippen LogP contribution in [0.3, 0.4) is 0 Å². The minimum absolute atomic E-state index is 0.0195. The summed E-state index contributed by atoms with van der Waals surface area (Å²) < 4.78 is 29.2. The summed E-state index contributed by atoms with van der Waals surface area (Å²) in [7, 11) is 1.26. The third kappa shape index (κ3) is 3.23. The molecule has 0 bridgehead atoms. The smallest absolute Gasteiger partial charge is 0.310 e. The number of carbonyl (C=O) groups is 1. The fourth-order valence-electron chi connectivity index (χ4n) is 0.984. The molecule has 6 heteroatoms. The van der Waals surface area contributed by atoms with Gasteiger partial charge in [-0.2, -0.15) is 0 Å². The summed E-state index contributed by atoms with van der Waals surface area (Å²) in [5.74, 6) is -0.437. The number of pyridine rings is 1. The second-order valence-corrected chi connectivity index (χ2v) is 3.62. The number of rotatable bonds is 3. The second kappa shape index (κ2) is 5.16. The molecule has 15 heavy (non-hydrogen) atoms. The molecule has 0 spiro atoms. The maximum Gasteiger partial charge on any atom is 0.310 e. The van der Waals surface area contributed by atoms with Crippen LogP contribution in [-0.2, 0) is 16.0 Å². The van der Waals surface area contributed by atoms with Crippen molar-refractivity contribution in [2.45, 2.75) is 12.8 Å². The van der Waals surface area contributed by atoms with E-state index in [-0.39, 0.29) is 16.6 Å². The van der Waals surface area contributed by atoms with Gasteiger partial charge >= 0.3 is 5.97 Å². The highest BCUT2D eigenvalue weighted by Gasteiger charge is 2.14. The van der Waals surface area contributed by atoms with Gasteiger partial charge in [-0.05, 0) is 27.6 Å². The van der Waals surface area contributed by atoms with E-state index in [4.69, 9.17) is 0 Å². The molecule has 1 heterocycles. The molecule has 0 aliphatic heterocycles. The summed E-state index contributed by atoms with van der Waals surface area (Å²) in [6.07, 6.45) is -1.37. The Morgan fingerprint density at radius 2 is 2.33 bits per heavy atom. The zero-order chi connectivity index (χ0) is 11.4. The molecule has 82 valence electrons. The van der Waals surface area contributed by atoms with Gasteiger partial charge in [0.25, 0.3) is 6.43 Å². The van der Waals surface area contributed by atoms with Gasteiger partial charge in [0, 0.05) is 10.7 Å². The molecule has 0 radical (unpaired) electrons. The van der Waals surface area contributed by atoms with Gasteiger partial charge in [0.15, 0.2) is 0 Å². The maximum absolute atomic E-state index is 12.3. The van der Waals surface area contributed by atoms with E-state index in [1.165, 1.54) is 19.4 Å². The highest BCUT2D eigenvalue weighted by molar-refractivity contribution is 9.10. The Hall–Kier alpha value is -1.04. The Bertz CT molecular complexity index is 371. The van der Waals surface area contributed by atoms with E-state index in [9.17, 15) is 13.6 Å². The monoisotopic (exact) mass is 279 g/mol. The lowest BCUT2D eigenvalue weighted by atomic mass is 10.2. The largest absolute Gasteiger partial charge is 0.469 e. The van der Waals surface area contributed by atoms with E-state index < -0.39 is 12.4 Å². The number of esters is 1. The summed E-state index contributed by atoms with van der Waals surface area (Å²) in [5, 5.41) is 0. The fourth-order valence-corrected chi connectivity index (χ4v) is 1.55. The van der Waals surface area contributed by atoms with Crippen molar-refractivity contribution in [3.05, 3.63) is 28.0 Å². The molecule has 0 aliphatic rings. The summed E-state index contributed by atoms with van der Waals surface area (Å²) >= 11 is 2.96. The quantitative estimate of drug-likeness (QED) is 0.798. The van der Waals surface area contributed by atoms with Crippen LogP contribution in [0.25, 0.3) is 0 Å². The van der Waals surface area contributed by atoms with Crippen molar-refractivity contribution in [3.63, 3.8) is 0 Å². The average Bonchev–Trinajstić information content (AvgIpc) is 2.17. The molecule has 1 aromatic rings. The molecular formula is C9H8BrF2NO2. The third-order valence-electron chi connectivity index (χ3n) is 1.71. The van der Waals surface area contributed by atoms with Crippen LogP contribution in [0.5, 0.6) is 0 Å². The number of ether oxygens (including phenoxy) is 1. The van der Waals surface area contributed by atoms with Gasteiger partial charge in [0.1, 0.15) is 5.69 Å². The minimum Gasteiger partial charge on any atom is -0.469 e. The number of hydrogen-bond donors (Lipinski definition) is 0. The normalized spacial score (nSPS) is 10.5. The van der Waals surface area contributed by atoms with Crippen LogP contribution in [0, 0.1) is 0 Å². The number of alkyl halides is 2. The van der Waals surface area contributed by atoms with E-state index in [1.807, 2.05) is 0 Å². The first kappa shape index (κ1) is 12.0. The standard InChI is InChI=1S/C9H8BrF2NO2/c1-15-7(14)3-5-2-6(10)8(9(11)12)13-4-5/h2,4,9H,3H2,1H3. The zero-order valence-corrected chi connectivity index (χ0v) is 9.42. The van der Waals surface area contributed by atoms with Gasteiger partial charge in [0.05, 0.1) is 13.5 Å². The van der Waals surface area contributed by atoms with E-state index in [0.717, 1.165) is 0 Å². The molecule has 0 aliphatic carbocycles. The summed E-state index contributed by atoms with van der Waals surface area (Å²) in [6, 6.07) is 1.44. The van der Waals surface area contributed by atoms with Crippen LogP contribution >= 0.6 is 15.9 Å². The van der Waals surface area contributed by atoms with Crippen LogP contribution in [0.15, 0.2) is 16.7 Å². The minimum atomic E-state index is -2.63. The lowest BCUT2D eigenvalue weighted by Gasteiger charge is -2.04. The maximum atomic E-state index is 12.3. The molecule has 0 unspecified atom stereocenters. The van der Waals surface area contributed by atoms with Gasteiger partial charge in [-0.15, -0.1) is 0 Å². The average molecular weight is 280 g/mol. The van der Waals surface area contributed by atoms with Gasteiger partial charge < -0.3 is 4.74 Å². The van der Waals surface area contributed by atoms with E-state index in [2.05, 4.69) is 25.7 Å². The Morgan fingerprint density at radius 3 is 2.80 bits per heavy atom. The number of hydrogen-bond acceptors (Lipinski definition) is 3. The molecule has 0 fully saturated rings. The third-order valence-corrected chi connectivity index (χ3v) is 2.34. The van der Waals surface area contributed by atoms with Crippen molar-refractivity contribution < 1.29 is 18.3 Å². The van der Waals surface area contributed by atoms with E-state index in [0.29, 0.717) is 5.56 Å². The van der Waals surface area contributed by atoms with Gasteiger partial charge in [-0.3, -0.25) is 9.78 Å².